The van der Waals surface area contributed by atoms with Crippen LogP contribution in [0.15, 0.2) is 48.5 Å². The second-order valence-electron chi connectivity index (χ2n) is 5.49. The van der Waals surface area contributed by atoms with Crippen molar-refractivity contribution in [2.24, 2.45) is 0 Å². The van der Waals surface area contributed by atoms with E-state index in [1.54, 1.807) is 44.3 Å². The Morgan fingerprint density at radius 2 is 1.75 bits per heavy atom. The maximum atomic E-state index is 12.5. The van der Waals surface area contributed by atoms with E-state index in [1.807, 2.05) is 18.2 Å². The van der Waals surface area contributed by atoms with Crippen molar-refractivity contribution in [3.8, 4) is 0 Å². The summed E-state index contributed by atoms with van der Waals surface area (Å²) in [4.78, 5) is 14.0. The lowest BCUT2D eigenvalue weighted by Crippen LogP contribution is -2.41. The van der Waals surface area contributed by atoms with Crippen LogP contribution in [0.25, 0.3) is 0 Å². The van der Waals surface area contributed by atoms with E-state index in [2.05, 4.69) is 0 Å². The fraction of sp³-hybridized carbons (Fsp3) is 0.235. The normalized spacial score (nSPS) is 11.2. The average Bonchev–Trinajstić information content (AvgIpc) is 2.52. The van der Waals surface area contributed by atoms with Crippen molar-refractivity contribution in [2.75, 3.05) is 29.1 Å². The van der Waals surface area contributed by atoms with Crippen LogP contribution in [0.4, 0.5) is 11.4 Å². The lowest BCUT2D eigenvalue weighted by molar-refractivity contribution is -0.116. The average molecular weight is 367 g/mol. The number of halogens is 1. The summed E-state index contributed by atoms with van der Waals surface area (Å²) in [6.07, 6.45) is 1.08. The second kappa shape index (κ2) is 7.23. The number of benzene rings is 2. The monoisotopic (exact) mass is 366 g/mol. The summed E-state index contributed by atoms with van der Waals surface area (Å²) < 4.78 is 25.5. The van der Waals surface area contributed by atoms with Crippen LogP contribution in [0.1, 0.15) is 5.56 Å². The number of amides is 1. The van der Waals surface area contributed by atoms with Gasteiger partial charge in [0.05, 0.1) is 11.9 Å². The molecule has 128 valence electrons. The number of hydrogen-bond donors (Lipinski definition) is 0. The van der Waals surface area contributed by atoms with Crippen LogP contribution >= 0.6 is 11.6 Å². The highest BCUT2D eigenvalue weighted by Crippen LogP contribution is 2.26. The molecule has 24 heavy (non-hydrogen) atoms. The molecule has 5 nitrogen and oxygen atoms in total. The summed E-state index contributed by atoms with van der Waals surface area (Å²) in [5, 5.41) is 0.512. The third-order valence-electron chi connectivity index (χ3n) is 3.62. The van der Waals surface area contributed by atoms with E-state index >= 15 is 0 Å². The van der Waals surface area contributed by atoms with Crippen LogP contribution in [-0.4, -0.2) is 34.2 Å². The van der Waals surface area contributed by atoms with Gasteiger partial charge in [0, 0.05) is 17.8 Å². The van der Waals surface area contributed by atoms with Crippen molar-refractivity contribution < 1.29 is 13.2 Å². The van der Waals surface area contributed by atoms with Gasteiger partial charge in [0.15, 0.2) is 0 Å². The molecule has 2 aromatic rings. The number of sulfonamides is 1. The molecule has 0 heterocycles. The number of anilines is 2. The van der Waals surface area contributed by atoms with Gasteiger partial charge in [-0.2, -0.15) is 0 Å². The van der Waals surface area contributed by atoms with Crippen LogP contribution in [0.2, 0.25) is 5.02 Å². The molecule has 0 N–H and O–H groups in total. The standard InChI is InChI=1S/C17H19ClN2O3S/c1-13-11-14(18)9-10-16(13)20(24(3,22)23)12-17(21)19(2)15-7-5-4-6-8-15/h4-11H,12H2,1-3H3. The molecular formula is C17H19ClN2O3S. The molecule has 0 unspecified atom stereocenters. The van der Waals surface area contributed by atoms with Gasteiger partial charge in [-0.25, -0.2) is 8.42 Å². The summed E-state index contributed by atoms with van der Waals surface area (Å²) in [6, 6.07) is 13.9. The molecule has 1 amide bonds. The molecule has 0 aliphatic rings. The molecule has 2 rings (SSSR count). The summed E-state index contributed by atoms with van der Waals surface area (Å²) >= 11 is 5.93. The molecule has 0 fully saturated rings. The second-order valence-corrected chi connectivity index (χ2v) is 7.83. The third kappa shape index (κ3) is 4.27. The molecule has 0 aliphatic heterocycles. The maximum absolute atomic E-state index is 12.5. The number of para-hydroxylation sites is 1. The maximum Gasteiger partial charge on any atom is 0.247 e. The number of carbonyl (C=O) groups excluding carboxylic acids is 1. The Bertz CT molecular complexity index is 838. The first-order valence-corrected chi connectivity index (χ1v) is 9.48. The molecule has 0 radical (unpaired) electrons. The van der Waals surface area contributed by atoms with Crippen LogP contribution in [-0.2, 0) is 14.8 Å². The highest BCUT2D eigenvalue weighted by atomic mass is 35.5. The molecule has 7 heteroatoms. The number of rotatable bonds is 5. The summed E-state index contributed by atoms with van der Waals surface area (Å²) in [5.74, 6) is -0.332. The number of aryl methyl sites for hydroxylation is 1. The van der Waals surface area contributed by atoms with Gasteiger partial charge in [0.1, 0.15) is 6.54 Å². The number of carbonyl (C=O) groups is 1. The Labute approximate surface area is 147 Å². The van der Waals surface area contributed by atoms with Gasteiger partial charge < -0.3 is 4.90 Å². The first-order valence-electron chi connectivity index (χ1n) is 7.25. The fourth-order valence-corrected chi connectivity index (χ4v) is 3.44. The molecular weight excluding hydrogens is 348 g/mol. The van der Waals surface area contributed by atoms with E-state index in [9.17, 15) is 13.2 Å². The van der Waals surface area contributed by atoms with Crippen molar-refractivity contribution in [1.82, 2.24) is 0 Å². The lowest BCUT2D eigenvalue weighted by atomic mass is 10.2. The Balaban J connectivity index is 2.32. The van der Waals surface area contributed by atoms with Crippen molar-refractivity contribution >= 4 is 38.9 Å². The molecule has 0 bridgehead atoms. The van der Waals surface area contributed by atoms with E-state index in [4.69, 9.17) is 11.6 Å². The van der Waals surface area contributed by atoms with Crippen molar-refractivity contribution in [2.45, 2.75) is 6.92 Å². The molecule has 2 aromatic carbocycles. The van der Waals surface area contributed by atoms with Crippen molar-refractivity contribution in [3.05, 3.63) is 59.1 Å². The quantitative estimate of drug-likeness (QED) is 0.817. The van der Waals surface area contributed by atoms with Gasteiger partial charge in [-0.15, -0.1) is 0 Å². The minimum Gasteiger partial charge on any atom is -0.314 e. The van der Waals surface area contributed by atoms with Gasteiger partial charge in [-0.05, 0) is 42.8 Å². The zero-order chi connectivity index (χ0) is 17.9. The lowest BCUT2D eigenvalue weighted by Gasteiger charge is -2.26. The minimum absolute atomic E-state index is 0.285. The Hall–Kier alpha value is -2.05. The van der Waals surface area contributed by atoms with E-state index in [0.717, 1.165) is 10.6 Å². The van der Waals surface area contributed by atoms with Crippen LogP contribution in [0.5, 0.6) is 0 Å². The zero-order valence-electron chi connectivity index (χ0n) is 13.7. The van der Waals surface area contributed by atoms with Gasteiger partial charge in [0.2, 0.25) is 15.9 Å². The molecule has 0 aliphatic carbocycles. The predicted molar refractivity (Wildman–Crippen MR) is 98.2 cm³/mol. The van der Waals surface area contributed by atoms with Crippen molar-refractivity contribution in [3.63, 3.8) is 0 Å². The number of likely N-dealkylation sites (N-methyl/N-ethyl adjacent to an activating group) is 1. The molecule has 0 spiro atoms. The number of nitrogens with zero attached hydrogens (tertiary/aromatic N) is 2. The SMILES string of the molecule is Cc1cc(Cl)ccc1N(CC(=O)N(C)c1ccccc1)S(C)(=O)=O. The fourth-order valence-electron chi connectivity index (χ4n) is 2.30. The smallest absolute Gasteiger partial charge is 0.247 e. The van der Waals surface area contributed by atoms with Gasteiger partial charge in [-0.1, -0.05) is 29.8 Å². The molecule has 0 atom stereocenters. The van der Waals surface area contributed by atoms with Crippen molar-refractivity contribution in [1.29, 1.82) is 0 Å². The van der Waals surface area contributed by atoms with Gasteiger partial charge in [-0.3, -0.25) is 9.10 Å². The van der Waals surface area contributed by atoms with Gasteiger partial charge in [0.25, 0.3) is 0 Å². The van der Waals surface area contributed by atoms with Crippen LogP contribution in [0.3, 0.4) is 0 Å². The summed E-state index contributed by atoms with van der Waals surface area (Å²) in [5.41, 5.74) is 1.82. The first kappa shape index (κ1) is 18.3. The highest BCUT2D eigenvalue weighted by Gasteiger charge is 2.24. The van der Waals surface area contributed by atoms with Gasteiger partial charge >= 0.3 is 0 Å². The Morgan fingerprint density at radius 3 is 2.29 bits per heavy atom. The van der Waals surface area contributed by atoms with Crippen LogP contribution in [0, 0.1) is 6.92 Å². The molecule has 0 saturated heterocycles. The summed E-state index contributed by atoms with van der Waals surface area (Å²) in [6.45, 7) is 1.47. The Morgan fingerprint density at radius 1 is 1.12 bits per heavy atom. The molecule has 0 aromatic heterocycles. The predicted octanol–water partition coefficient (Wildman–Crippen LogP) is 3.08. The van der Waals surface area contributed by atoms with E-state index in [-0.39, 0.29) is 12.5 Å². The largest absolute Gasteiger partial charge is 0.314 e. The zero-order valence-corrected chi connectivity index (χ0v) is 15.3. The third-order valence-corrected chi connectivity index (χ3v) is 4.99. The Kier molecular flexibility index (Phi) is 5.51. The van der Waals surface area contributed by atoms with E-state index < -0.39 is 10.0 Å². The topological polar surface area (TPSA) is 57.7 Å². The van der Waals surface area contributed by atoms with E-state index in [1.165, 1.54) is 4.90 Å². The summed E-state index contributed by atoms with van der Waals surface area (Å²) in [7, 11) is -2.00. The number of hydrogen-bond acceptors (Lipinski definition) is 3. The van der Waals surface area contributed by atoms with Crippen LogP contribution < -0.4 is 9.21 Å². The minimum atomic E-state index is -3.62. The highest BCUT2D eigenvalue weighted by molar-refractivity contribution is 7.92. The first-order chi connectivity index (χ1) is 11.2. The van der Waals surface area contributed by atoms with E-state index in [0.29, 0.717) is 22.0 Å². The molecule has 0 saturated carbocycles.